The lowest BCUT2D eigenvalue weighted by Crippen LogP contribution is -2.27. The number of thioether (sulfide) groups is 1. The van der Waals surface area contributed by atoms with Crippen LogP contribution >= 0.6 is 11.8 Å². The number of alkyl halides is 3. The highest BCUT2D eigenvalue weighted by molar-refractivity contribution is 7.98. The van der Waals surface area contributed by atoms with E-state index in [4.69, 9.17) is 0 Å². The van der Waals surface area contributed by atoms with Gasteiger partial charge in [0.05, 0.1) is 16.8 Å². The van der Waals surface area contributed by atoms with Gasteiger partial charge in [-0.05, 0) is 30.9 Å². The Morgan fingerprint density at radius 3 is 2.48 bits per heavy atom. The summed E-state index contributed by atoms with van der Waals surface area (Å²) in [5, 5.41) is 2.91. The van der Waals surface area contributed by atoms with Gasteiger partial charge in [0.2, 0.25) is 0 Å². The highest BCUT2D eigenvalue weighted by atomic mass is 32.2. The fourth-order valence-electron chi connectivity index (χ4n) is 2.47. The monoisotopic (exact) mass is 401 g/mol. The molecule has 0 aliphatic heterocycles. The van der Waals surface area contributed by atoms with E-state index in [0.717, 1.165) is 12.1 Å². The van der Waals surface area contributed by atoms with Crippen molar-refractivity contribution in [1.29, 1.82) is 0 Å². The first-order valence-corrected chi connectivity index (χ1v) is 9.33. The van der Waals surface area contributed by atoms with E-state index < -0.39 is 30.0 Å². The molecule has 0 aliphatic rings. The Kier molecular flexibility index (Phi) is 6.46. The van der Waals surface area contributed by atoms with Crippen LogP contribution in [0.5, 0.6) is 0 Å². The minimum Gasteiger partial charge on any atom is -0.348 e. The number of aromatic nitrogens is 2. The van der Waals surface area contributed by atoms with Crippen molar-refractivity contribution in [2.24, 2.45) is 0 Å². The Morgan fingerprint density at radius 2 is 1.93 bits per heavy atom. The second kappa shape index (κ2) is 8.24. The molecule has 0 unspecified atom stereocenters. The summed E-state index contributed by atoms with van der Waals surface area (Å²) in [7, 11) is 0. The number of hydrogen-bond donors (Lipinski definition) is 1. The van der Waals surface area contributed by atoms with Gasteiger partial charge in [0.1, 0.15) is 16.7 Å². The van der Waals surface area contributed by atoms with Crippen molar-refractivity contribution in [3.05, 3.63) is 52.2 Å². The van der Waals surface area contributed by atoms with Gasteiger partial charge in [-0.25, -0.2) is 14.4 Å². The predicted octanol–water partition coefficient (Wildman–Crippen LogP) is 4.72. The van der Waals surface area contributed by atoms with Crippen molar-refractivity contribution in [2.75, 3.05) is 6.26 Å². The number of benzene rings is 1. The van der Waals surface area contributed by atoms with Crippen LogP contribution in [-0.2, 0) is 12.7 Å². The first-order valence-electron chi connectivity index (χ1n) is 8.11. The third-order valence-electron chi connectivity index (χ3n) is 3.83. The van der Waals surface area contributed by atoms with Gasteiger partial charge in [-0.3, -0.25) is 4.79 Å². The maximum atomic E-state index is 13.2. The average Bonchev–Trinajstić information content (AvgIpc) is 2.58. The van der Waals surface area contributed by atoms with Crippen molar-refractivity contribution in [1.82, 2.24) is 15.3 Å². The highest BCUT2D eigenvalue weighted by Gasteiger charge is 2.34. The van der Waals surface area contributed by atoms with E-state index in [0.29, 0.717) is 22.6 Å². The summed E-state index contributed by atoms with van der Waals surface area (Å²) in [6, 6.07) is 2.36. The van der Waals surface area contributed by atoms with Gasteiger partial charge >= 0.3 is 6.18 Å². The largest absolute Gasteiger partial charge is 0.416 e. The van der Waals surface area contributed by atoms with E-state index in [9.17, 15) is 22.4 Å². The zero-order valence-electron chi connectivity index (χ0n) is 15.2. The molecule has 1 amide bonds. The standard InChI is InChI=1S/C18H19F4N3OS/c1-9(2)15-24-10(3)14(17(25-15)27-4)16(26)23-8-11-5-6-12(19)7-13(11)18(20,21)22/h5-7,9H,8H2,1-4H3,(H,23,26). The number of carbonyl (C=O) groups is 1. The van der Waals surface area contributed by atoms with E-state index >= 15 is 0 Å². The lowest BCUT2D eigenvalue weighted by Gasteiger charge is -2.16. The Morgan fingerprint density at radius 1 is 1.26 bits per heavy atom. The fourth-order valence-corrected chi connectivity index (χ4v) is 3.09. The molecule has 9 heteroatoms. The summed E-state index contributed by atoms with van der Waals surface area (Å²) in [5.74, 6) is -0.910. The highest BCUT2D eigenvalue weighted by Crippen LogP contribution is 2.32. The molecule has 0 aliphatic carbocycles. The summed E-state index contributed by atoms with van der Waals surface area (Å²) >= 11 is 1.26. The summed E-state index contributed by atoms with van der Waals surface area (Å²) in [4.78, 5) is 21.2. The second-order valence-electron chi connectivity index (χ2n) is 6.19. The first kappa shape index (κ1) is 21.1. The molecule has 1 aromatic carbocycles. The summed E-state index contributed by atoms with van der Waals surface area (Å²) in [6.07, 6.45) is -2.96. The van der Waals surface area contributed by atoms with Crippen LogP contribution < -0.4 is 5.32 Å². The van der Waals surface area contributed by atoms with E-state index in [2.05, 4.69) is 15.3 Å². The smallest absolute Gasteiger partial charge is 0.348 e. The number of nitrogens with zero attached hydrogens (tertiary/aromatic N) is 2. The van der Waals surface area contributed by atoms with Crippen molar-refractivity contribution in [3.8, 4) is 0 Å². The Labute approximate surface area is 158 Å². The molecule has 27 heavy (non-hydrogen) atoms. The van der Waals surface area contributed by atoms with Gasteiger partial charge in [0.15, 0.2) is 0 Å². The Hall–Kier alpha value is -2.16. The van der Waals surface area contributed by atoms with Crippen molar-refractivity contribution < 1.29 is 22.4 Å². The van der Waals surface area contributed by atoms with Crippen LogP contribution in [0.2, 0.25) is 0 Å². The minimum atomic E-state index is -4.72. The number of hydrogen-bond acceptors (Lipinski definition) is 4. The quantitative estimate of drug-likeness (QED) is 0.448. The maximum Gasteiger partial charge on any atom is 0.416 e. The van der Waals surface area contributed by atoms with E-state index in [1.54, 1.807) is 13.2 Å². The van der Waals surface area contributed by atoms with Gasteiger partial charge in [-0.1, -0.05) is 19.9 Å². The van der Waals surface area contributed by atoms with Crippen LogP contribution in [0.1, 0.15) is 52.8 Å². The molecule has 0 bridgehead atoms. The van der Waals surface area contributed by atoms with Gasteiger partial charge in [-0.2, -0.15) is 13.2 Å². The summed E-state index contributed by atoms with van der Waals surface area (Å²) < 4.78 is 52.4. The fraction of sp³-hybridized carbons (Fsp3) is 0.389. The third kappa shape index (κ3) is 4.97. The molecule has 2 aromatic rings. The molecule has 0 saturated heterocycles. The maximum absolute atomic E-state index is 13.2. The molecular formula is C18H19F4N3OS. The zero-order chi connectivity index (χ0) is 20.4. The third-order valence-corrected chi connectivity index (χ3v) is 4.51. The predicted molar refractivity (Wildman–Crippen MR) is 95.2 cm³/mol. The van der Waals surface area contributed by atoms with Crippen molar-refractivity contribution in [3.63, 3.8) is 0 Å². The summed E-state index contributed by atoms with van der Waals surface area (Å²) in [5.41, 5.74) is -0.662. The van der Waals surface area contributed by atoms with Crippen LogP contribution in [0.3, 0.4) is 0 Å². The van der Waals surface area contributed by atoms with Gasteiger partial charge in [-0.15, -0.1) is 11.8 Å². The Balaban J connectivity index is 2.30. The van der Waals surface area contributed by atoms with Crippen LogP contribution in [0.25, 0.3) is 0 Å². The molecule has 4 nitrogen and oxygen atoms in total. The molecule has 0 atom stereocenters. The van der Waals surface area contributed by atoms with Crippen LogP contribution in [-0.4, -0.2) is 22.1 Å². The SMILES string of the molecule is CSc1nc(C(C)C)nc(C)c1C(=O)NCc1ccc(F)cc1C(F)(F)F. The van der Waals surface area contributed by atoms with Gasteiger partial charge < -0.3 is 5.32 Å². The molecule has 0 radical (unpaired) electrons. The average molecular weight is 401 g/mol. The molecule has 146 valence electrons. The molecule has 0 spiro atoms. The molecule has 1 heterocycles. The molecule has 0 saturated carbocycles. The number of amides is 1. The zero-order valence-corrected chi connectivity index (χ0v) is 16.1. The number of aryl methyl sites for hydroxylation is 1. The minimum absolute atomic E-state index is 0.0697. The molecule has 1 N–H and O–H groups in total. The normalized spacial score (nSPS) is 11.7. The Bertz CT molecular complexity index is 853. The van der Waals surface area contributed by atoms with E-state index in [1.807, 2.05) is 13.8 Å². The van der Waals surface area contributed by atoms with Gasteiger partial charge in [0.25, 0.3) is 5.91 Å². The summed E-state index contributed by atoms with van der Waals surface area (Å²) in [6.45, 7) is 5.10. The molecule has 2 rings (SSSR count). The number of rotatable bonds is 5. The van der Waals surface area contributed by atoms with Gasteiger partial charge in [0, 0.05) is 12.5 Å². The molecule has 1 aromatic heterocycles. The van der Waals surface area contributed by atoms with Crippen molar-refractivity contribution in [2.45, 2.75) is 44.4 Å². The topological polar surface area (TPSA) is 54.9 Å². The van der Waals surface area contributed by atoms with Crippen LogP contribution in [0, 0.1) is 12.7 Å². The number of halogens is 4. The van der Waals surface area contributed by atoms with E-state index in [1.165, 1.54) is 11.8 Å². The van der Waals surface area contributed by atoms with Crippen LogP contribution in [0.15, 0.2) is 23.2 Å². The molecular weight excluding hydrogens is 382 g/mol. The second-order valence-corrected chi connectivity index (χ2v) is 6.98. The van der Waals surface area contributed by atoms with Crippen molar-refractivity contribution >= 4 is 17.7 Å². The van der Waals surface area contributed by atoms with Crippen LogP contribution in [0.4, 0.5) is 17.6 Å². The lowest BCUT2D eigenvalue weighted by atomic mass is 10.1. The number of nitrogens with one attached hydrogen (secondary N) is 1. The first-order chi connectivity index (χ1) is 12.5. The van der Waals surface area contributed by atoms with E-state index in [-0.39, 0.29) is 17.0 Å². The lowest BCUT2D eigenvalue weighted by molar-refractivity contribution is -0.138. The number of carbonyl (C=O) groups excluding carboxylic acids is 1. The molecule has 0 fully saturated rings.